The number of carboxylic acid groups (broad SMARTS) is 1. The maximum Gasteiger partial charge on any atom is 0.407 e. The fourth-order valence-electron chi connectivity index (χ4n) is 4.90. The molecule has 2 heterocycles. The van der Waals surface area contributed by atoms with E-state index in [0.717, 1.165) is 34.0 Å². The van der Waals surface area contributed by atoms with E-state index in [4.69, 9.17) is 4.74 Å². The van der Waals surface area contributed by atoms with Gasteiger partial charge >= 0.3 is 6.09 Å². The van der Waals surface area contributed by atoms with E-state index in [9.17, 15) is 19.5 Å². The number of nitrogens with zero attached hydrogens (tertiary/aromatic N) is 3. The zero-order valence-corrected chi connectivity index (χ0v) is 22.2. The number of hydrogen-bond acceptors (Lipinski definition) is 4. The highest BCUT2D eigenvalue weighted by atomic mass is 79.9. The lowest BCUT2D eigenvalue weighted by Crippen LogP contribution is -2.50. The van der Waals surface area contributed by atoms with Gasteiger partial charge < -0.3 is 24.2 Å². The first-order chi connectivity index (χ1) is 17.3. The van der Waals surface area contributed by atoms with Crippen LogP contribution in [0.5, 0.6) is 0 Å². The van der Waals surface area contributed by atoms with Crippen LogP contribution in [-0.2, 0) is 23.1 Å². The Labute approximate surface area is 219 Å². The van der Waals surface area contributed by atoms with Gasteiger partial charge in [-0.1, -0.05) is 28.1 Å². The normalized spacial score (nSPS) is 20.0. The number of rotatable bonds is 8. The topological polar surface area (TPSA) is 92.1 Å². The lowest BCUT2D eigenvalue weighted by Gasteiger charge is -2.39. The number of aromatic nitrogens is 1. The van der Waals surface area contributed by atoms with E-state index in [1.165, 1.54) is 9.47 Å². The van der Waals surface area contributed by atoms with Gasteiger partial charge in [-0.2, -0.15) is 0 Å². The van der Waals surface area contributed by atoms with Crippen LogP contribution in [0.4, 0.5) is 4.79 Å². The van der Waals surface area contributed by atoms with Crippen molar-refractivity contribution in [1.29, 1.82) is 0 Å². The van der Waals surface area contributed by atoms with Gasteiger partial charge in [-0.25, -0.2) is 4.79 Å². The van der Waals surface area contributed by atoms with Crippen molar-refractivity contribution in [3.05, 3.63) is 74.1 Å². The van der Waals surface area contributed by atoms with Gasteiger partial charge in [-0.05, 0) is 66.1 Å². The third kappa shape index (κ3) is 6.25. The van der Waals surface area contributed by atoms with Crippen molar-refractivity contribution in [2.24, 2.45) is 13.0 Å². The van der Waals surface area contributed by atoms with Crippen molar-refractivity contribution in [2.45, 2.75) is 37.8 Å². The Morgan fingerprint density at radius 3 is 2.67 bits per heavy atom. The number of halogens is 1. The number of ether oxygens (including phenoxy) is 1. The Morgan fingerprint density at radius 2 is 2.00 bits per heavy atom. The molecule has 2 aliphatic rings. The molecule has 1 saturated carbocycles. The van der Waals surface area contributed by atoms with Gasteiger partial charge in [0.05, 0.1) is 12.5 Å². The van der Waals surface area contributed by atoms with Crippen molar-refractivity contribution < 1.29 is 19.4 Å². The fourth-order valence-corrected chi connectivity index (χ4v) is 5.45. The van der Waals surface area contributed by atoms with Crippen LogP contribution in [0.25, 0.3) is 6.08 Å². The molecule has 9 heteroatoms. The molecule has 1 aliphatic heterocycles. The van der Waals surface area contributed by atoms with Gasteiger partial charge in [0.15, 0.2) is 0 Å². The lowest BCUT2D eigenvalue weighted by molar-refractivity contribution is -0.139. The number of pyridine rings is 1. The van der Waals surface area contributed by atoms with Crippen LogP contribution in [0.3, 0.4) is 0 Å². The summed E-state index contributed by atoms with van der Waals surface area (Å²) < 4.78 is 7.51. The highest BCUT2D eigenvalue weighted by Gasteiger charge is 2.42. The average Bonchev–Trinajstić information content (AvgIpc) is 3.69. The molecule has 1 aromatic heterocycles. The number of methoxy groups -OCH3 is 1. The second-order valence-corrected chi connectivity index (χ2v) is 10.5. The second-order valence-electron chi connectivity index (χ2n) is 9.59. The van der Waals surface area contributed by atoms with Gasteiger partial charge in [0.2, 0.25) is 5.91 Å². The molecule has 2 amide bonds. The van der Waals surface area contributed by atoms with E-state index < -0.39 is 12.0 Å². The molecule has 1 N–H and O–H groups in total. The quantitative estimate of drug-likeness (QED) is 0.528. The number of hydrogen-bond donors (Lipinski definition) is 1. The van der Waals surface area contributed by atoms with E-state index in [-0.39, 0.29) is 30.0 Å². The summed E-state index contributed by atoms with van der Waals surface area (Å²) in [6, 6.07) is 9.68. The van der Waals surface area contributed by atoms with Crippen molar-refractivity contribution in [3.8, 4) is 0 Å². The van der Waals surface area contributed by atoms with E-state index in [1.807, 2.05) is 35.3 Å². The van der Waals surface area contributed by atoms with Crippen molar-refractivity contribution in [3.63, 3.8) is 0 Å². The summed E-state index contributed by atoms with van der Waals surface area (Å²) in [6.45, 7) is 1.42. The third-order valence-corrected chi connectivity index (χ3v) is 7.39. The average molecular weight is 558 g/mol. The van der Waals surface area contributed by atoms with Crippen LogP contribution in [0.1, 0.15) is 41.9 Å². The molecule has 8 nitrogen and oxygen atoms in total. The second kappa shape index (κ2) is 11.4. The summed E-state index contributed by atoms with van der Waals surface area (Å²) in [4.78, 5) is 41.4. The Morgan fingerprint density at radius 1 is 1.22 bits per heavy atom. The Kier molecular flexibility index (Phi) is 8.31. The lowest BCUT2D eigenvalue weighted by atomic mass is 9.79. The van der Waals surface area contributed by atoms with Crippen molar-refractivity contribution in [2.75, 3.05) is 26.8 Å². The first-order valence-electron chi connectivity index (χ1n) is 12.2. The molecule has 2 aromatic rings. The Hall–Kier alpha value is -2.91. The fraction of sp³-hybridized carbons (Fsp3) is 0.444. The van der Waals surface area contributed by atoms with Gasteiger partial charge in [-0.3, -0.25) is 9.59 Å². The predicted octanol–water partition coefficient (Wildman–Crippen LogP) is 4.08. The van der Waals surface area contributed by atoms with Crippen LogP contribution >= 0.6 is 15.9 Å². The van der Waals surface area contributed by atoms with Crippen LogP contribution in [0.2, 0.25) is 0 Å². The molecule has 1 aromatic carbocycles. The van der Waals surface area contributed by atoms with E-state index >= 15 is 0 Å². The number of likely N-dealkylation sites (tertiary alicyclic amines) is 1. The van der Waals surface area contributed by atoms with Gasteiger partial charge in [0.1, 0.15) is 0 Å². The Balaban J connectivity index is 1.62. The standard InChI is InChI=1S/C27H32BrN3O5/c1-29-9-7-20(15-25(29)32)23-8-10-30(27(34)35)17-24(23)26(33)31(22-5-6-22)16-19-12-18(4-3-11-36-2)13-21(28)14-19/h3-4,7,9,12-15,22-24H,5-6,8,10-11,16-17H2,1-2H3,(H,34,35)/b4-3+. The molecule has 2 atom stereocenters. The largest absolute Gasteiger partial charge is 0.465 e. The van der Waals surface area contributed by atoms with Crippen molar-refractivity contribution in [1.82, 2.24) is 14.4 Å². The molecule has 2 fully saturated rings. The summed E-state index contributed by atoms with van der Waals surface area (Å²) in [5.74, 6) is -0.806. The number of piperidine rings is 1. The molecular weight excluding hydrogens is 526 g/mol. The Bertz CT molecular complexity index is 1210. The number of carbonyl (C=O) groups excluding carboxylic acids is 1. The molecule has 0 radical (unpaired) electrons. The predicted molar refractivity (Wildman–Crippen MR) is 141 cm³/mol. The molecule has 4 rings (SSSR count). The minimum absolute atomic E-state index is 0.0504. The van der Waals surface area contributed by atoms with Crippen molar-refractivity contribution >= 4 is 34.0 Å². The smallest absolute Gasteiger partial charge is 0.407 e. The molecule has 2 unspecified atom stereocenters. The van der Waals surface area contributed by atoms with Gasteiger partial charge in [0, 0.05) is 56.6 Å². The SMILES string of the molecule is COC/C=C/c1cc(Br)cc(CN(C(=O)C2CN(C(=O)O)CCC2c2ccn(C)c(=O)c2)C2CC2)c1. The van der Waals surface area contributed by atoms with Gasteiger partial charge in [0.25, 0.3) is 5.56 Å². The summed E-state index contributed by atoms with van der Waals surface area (Å²) in [5, 5.41) is 9.65. The highest BCUT2D eigenvalue weighted by molar-refractivity contribution is 9.10. The van der Waals surface area contributed by atoms with Crippen LogP contribution in [-0.4, -0.2) is 64.3 Å². The minimum Gasteiger partial charge on any atom is -0.465 e. The maximum atomic E-state index is 14.0. The summed E-state index contributed by atoms with van der Waals surface area (Å²) in [7, 11) is 3.33. The van der Waals surface area contributed by atoms with E-state index in [2.05, 4.69) is 22.0 Å². The molecule has 0 spiro atoms. The number of benzene rings is 1. The first kappa shape index (κ1) is 26.2. The third-order valence-electron chi connectivity index (χ3n) is 6.93. The van der Waals surface area contributed by atoms with Gasteiger partial charge in [-0.15, -0.1) is 0 Å². The molecule has 0 bridgehead atoms. The van der Waals surface area contributed by atoms with Crippen LogP contribution < -0.4 is 5.56 Å². The summed E-state index contributed by atoms with van der Waals surface area (Å²) >= 11 is 3.58. The summed E-state index contributed by atoms with van der Waals surface area (Å²) in [5.41, 5.74) is 2.66. The highest BCUT2D eigenvalue weighted by Crippen LogP contribution is 2.37. The first-order valence-corrected chi connectivity index (χ1v) is 13.0. The summed E-state index contributed by atoms with van der Waals surface area (Å²) in [6.07, 6.45) is 6.98. The molecular formula is C27H32BrN3O5. The monoisotopic (exact) mass is 557 g/mol. The number of carbonyl (C=O) groups is 2. The van der Waals surface area contributed by atoms with E-state index in [1.54, 1.807) is 26.4 Å². The van der Waals surface area contributed by atoms with Crippen LogP contribution in [0.15, 0.2) is 51.9 Å². The van der Waals surface area contributed by atoms with E-state index in [0.29, 0.717) is 26.1 Å². The molecule has 1 saturated heterocycles. The minimum atomic E-state index is -1.02. The number of amides is 2. The number of aryl methyl sites for hydroxylation is 1. The molecule has 1 aliphatic carbocycles. The maximum absolute atomic E-state index is 14.0. The molecule has 36 heavy (non-hydrogen) atoms. The van der Waals surface area contributed by atoms with Crippen LogP contribution in [0, 0.1) is 5.92 Å². The zero-order valence-electron chi connectivity index (χ0n) is 20.6. The zero-order chi connectivity index (χ0) is 25.8. The molecule has 192 valence electrons.